The summed E-state index contributed by atoms with van der Waals surface area (Å²) in [5, 5.41) is 6.53. The lowest BCUT2D eigenvalue weighted by atomic mass is 10.2. The second-order valence-corrected chi connectivity index (χ2v) is 5.94. The zero-order valence-corrected chi connectivity index (χ0v) is 15.4. The minimum atomic E-state index is -2.78. The SMILES string of the molecule is CC(C)Cn1ncc(C(=O)Nc2ccc(OCCN)cc2)c1C(F)F.Cl. The van der Waals surface area contributed by atoms with Gasteiger partial charge in [-0.2, -0.15) is 5.10 Å². The number of aromatic nitrogens is 2. The molecule has 26 heavy (non-hydrogen) atoms. The van der Waals surface area contributed by atoms with E-state index in [1.54, 1.807) is 24.3 Å². The average molecular weight is 389 g/mol. The van der Waals surface area contributed by atoms with Gasteiger partial charge in [0, 0.05) is 18.8 Å². The van der Waals surface area contributed by atoms with Crippen molar-refractivity contribution in [2.24, 2.45) is 11.7 Å². The van der Waals surface area contributed by atoms with Crippen LogP contribution in [0.2, 0.25) is 0 Å². The van der Waals surface area contributed by atoms with Crippen molar-refractivity contribution in [3.63, 3.8) is 0 Å². The van der Waals surface area contributed by atoms with Crippen molar-refractivity contribution >= 4 is 24.0 Å². The molecule has 1 aromatic carbocycles. The van der Waals surface area contributed by atoms with E-state index in [0.717, 1.165) is 0 Å². The van der Waals surface area contributed by atoms with E-state index in [1.165, 1.54) is 10.9 Å². The zero-order valence-electron chi connectivity index (χ0n) is 14.6. The number of hydrogen-bond donors (Lipinski definition) is 2. The van der Waals surface area contributed by atoms with Gasteiger partial charge < -0.3 is 15.8 Å². The van der Waals surface area contributed by atoms with Gasteiger partial charge in [-0.3, -0.25) is 9.48 Å². The maximum absolute atomic E-state index is 13.4. The van der Waals surface area contributed by atoms with Gasteiger partial charge in [-0.05, 0) is 30.2 Å². The third kappa shape index (κ3) is 5.67. The van der Waals surface area contributed by atoms with Crippen molar-refractivity contribution in [2.75, 3.05) is 18.5 Å². The van der Waals surface area contributed by atoms with Gasteiger partial charge in [0.2, 0.25) is 0 Å². The molecule has 9 heteroatoms. The first kappa shape index (κ1) is 21.9. The lowest BCUT2D eigenvalue weighted by Crippen LogP contribution is -2.16. The van der Waals surface area contributed by atoms with Gasteiger partial charge in [0.1, 0.15) is 18.1 Å². The van der Waals surface area contributed by atoms with E-state index in [4.69, 9.17) is 10.5 Å². The molecule has 0 saturated heterocycles. The number of halogens is 3. The Morgan fingerprint density at radius 2 is 1.96 bits per heavy atom. The van der Waals surface area contributed by atoms with Crippen LogP contribution in [0.3, 0.4) is 0 Å². The van der Waals surface area contributed by atoms with E-state index in [9.17, 15) is 13.6 Å². The number of alkyl halides is 2. The molecule has 1 amide bonds. The van der Waals surface area contributed by atoms with Crippen LogP contribution in [0, 0.1) is 5.92 Å². The summed E-state index contributed by atoms with van der Waals surface area (Å²) in [5.74, 6) is 0.122. The fourth-order valence-electron chi connectivity index (χ4n) is 2.30. The topological polar surface area (TPSA) is 82.2 Å². The van der Waals surface area contributed by atoms with Crippen molar-refractivity contribution in [1.29, 1.82) is 0 Å². The predicted octanol–water partition coefficient (Wildman–Crippen LogP) is 3.49. The van der Waals surface area contributed by atoms with Crippen molar-refractivity contribution in [3.8, 4) is 5.75 Å². The second-order valence-electron chi connectivity index (χ2n) is 5.94. The zero-order chi connectivity index (χ0) is 18.4. The fourth-order valence-corrected chi connectivity index (χ4v) is 2.30. The Hall–Kier alpha value is -2.19. The molecule has 6 nitrogen and oxygen atoms in total. The van der Waals surface area contributed by atoms with Crippen LogP contribution in [0.4, 0.5) is 14.5 Å². The molecule has 0 atom stereocenters. The number of nitrogens with one attached hydrogen (secondary N) is 1. The molecule has 0 aliphatic carbocycles. The number of nitrogens with zero attached hydrogens (tertiary/aromatic N) is 2. The Balaban J connectivity index is 0.00000338. The van der Waals surface area contributed by atoms with Crippen LogP contribution in [-0.4, -0.2) is 28.8 Å². The number of hydrogen-bond acceptors (Lipinski definition) is 4. The van der Waals surface area contributed by atoms with Crippen molar-refractivity contribution in [1.82, 2.24) is 9.78 Å². The summed E-state index contributed by atoms with van der Waals surface area (Å²) in [6, 6.07) is 6.59. The molecule has 0 spiro atoms. The minimum Gasteiger partial charge on any atom is -0.492 e. The Kier molecular flexibility index (Phi) is 8.47. The number of benzene rings is 1. The Morgan fingerprint density at radius 1 is 1.31 bits per heavy atom. The van der Waals surface area contributed by atoms with E-state index in [1.807, 2.05) is 13.8 Å². The maximum atomic E-state index is 13.4. The van der Waals surface area contributed by atoms with Gasteiger partial charge in [0.15, 0.2) is 0 Å². The molecule has 3 N–H and O–H groups in total. The van der Waals surface area contributed by atoms with Gasteiger partial charge in [0.05, 0.1) is 11.8 Å². The van der Waals surface area contributed by atoms with Crippen LogP contribution < -0.4 is 15.8 Å². The van der Waals surface area contributed by atoms with Crippen LogP contribution in [0.15, 0.2) is 30.5 Å². The van der Waals surface area contributed by atoms with E-state index < -0.39 is 12.3 Å². The smallest absolute Gasteiger partial charge is 0.280 e. The summed E-state index contributed by atoms with van der Waals surface area (Å²) in [6.07, 6.45) is -1.60. The van der Waals surface area contributed by atoms with E-state index in [2.05, 4.69) is 10.4 Å². The number of amides is 1. The monoisotopic (exact) mass is 388 g/mol. The first-order valence-electron chi connectivity index (χ1n) is 8.00. The first-order chi connectivity index (χ1) is 11.9. The van der Waals surface area contributed by atoms with Gasteiger partial charge in [0.25, 0.3) is 12.3 Å². The summed E-state index contributed by atoms with van der Waals surface area (Å²) >= 11 is 0. The van der Waals surface area contributed by atoms with Crippen molar-refractivity contribution < 1.29 is 18.3 Å². The lowest BCUT2D eigenvalue weighted by molar-refractivity contribution is 0.100. The molecule has 2 aromatic rings. The Labute approximate surface area is 157 Å². The van der Waals surface area contributed by atoms with Gasteiger partial charge in [-0.15, -0.1) is 12.4 Å². The fraction of sp³-hybridized carbons (Fsp3) is 0.412. The number of ether oxygens (including phenoxy) is 1. The molecular formula is C17H23ClF2N4O2. The Morgan fingerprint density at radius 3 is 2.50 bits per heavy atom. The van der Waals surface area contributed by atoms with Crippen LogP contribution in [0.25, 0.3) is 0 Å². The molecule has 1 aromatic heterocycles. The van der Waals surface area contributed by atoms with Crippen LogP contribution in [0.1, 0.15) is 36.3 Å². The predicted molar refractivity (Wildman–Crippen MR) is 98.2 cm³/mol. The number of rotatable bonds is 8. The summed E-state index contributed by atoms with van der Waals surface area (Å²) in [4.78, 5) is 12.3. The van der Waals surface area contributed by atoms with Gasteiger partial charge >= 0.3 is 0 Å². The third-order valence-corrected chi connectivity index (χ3v) is 3.37. The molecule has 0 aliphatic rings. The van der Waals surface area contributed by atoms with Crippen LogP contribution in [-0.2, 0) is 6.54 Å². The number of nitrogens with two attached hydrogens (primary N) is 1. The molecule has 144 valence electrons. The highest BCUT2D eigenvalue weighted by Gasteiger charge is 2.25. The molecule has 2 rings (SSSR count). The molecule has 0 unspecified atom stereocenters. The summed E-state index contributed by atoms with van der Waals surface area (Å²) in [5.41, 5.74) is 5.34. The molecule has 0 bridgehead atoms. The van der Waals surface area contributed by atoms with Crippen LogP contribution in [0.5, 0.6) is 5.75 Å². The molecule has 0 fully saturated rings. The van der Waals surface area contributed by atoms with E-state index in [0.29, 0.717) is 31.1 Å². The van der Waals surface area contributed by atoms with Gasteiger partial charge in [-0.25, -0.2) is 8.78 Å². The van der Waals surface area contributed by atoms with Crippen molar-refractivity contribution in [3.05, 3.63) is 41.7 Å². The lowest BCUT2D eigenvalue weighted by Gasteiger charge is -2.11. The highest BCUT2D eigenvalue weighted by atomic mass is 35.5. The normalized spacial score (nSPS) is 10.7. The Bertz CT molecular complexity index is 705. The summed E-state index contributed by atoms with van der Waals surface area (Å²) in [6.45, 7) is 4.89. The quantitative estimate of drug-likeness (QED) is 0.725. The molecular weight excluding hydrogens is 366 g/mol. The molecule has 0 radical (unpaired) electrons. The third-order valence-electron chi connectivity index (χ3n) is 3.37. The van der Waals surface area contributed by atoms with Gasteiger partial charge in [-0.1, -0.05) is 13.8 Å². The maximum Gasteiger partial charge on any atom is 0.280 e. The van der Waals surface area contributed by atoms with Crippen molar-refractivity contribution in [2.45, 2.75) is 26.8 Å². The standard InChI is InChI=1S/C17H22F2N4O2.ClH/c1-11(2)10-23-15(16(18)19)14(9-21-23)17(24)22-12-3-5-13(6-4-12)25-8-7-20;/h3-6,9,11,16H,7-8,10,20H2,1-2H3,(H,22,24);1H. The number of anilines is 1. The highest BCUT2D eigenvalue weighted by Crippen LogP contribution is 2.25. The largest absolute Gasteiger partial charge is 0.492 e. The summed E-state index contributed by atoms with van der Waals surface area (Å²) < 4.78 is 33.3. The van der Waals surface area contributed by atoms with E-state index in [-0.39, 0.29) is 29.6 Å². The minimum absolute atomic E-state index is 0. The summed E-state index contributed by atoms with van der Waals surface area (Å²) in [7, 11) is 0. The van der Waals surface area contributed by atoms with Crippen LogP contribution >= 0.6 is 12.4 Å². The average Bonchev–Trinajstić information content (AvgIpc) is 2.97. The molecule has 0 aliphatic heterocycles. The molecule has 1 heterocycles. The highest BCUT2D eigenvalue weighted by molar-refractivity contribution is 6.05. The second kappa shape index (κ2) is 10.1. The number of carbonyl (C=O) groups excluding carboxylic acids is 1. The molecule has 0 saturated carbocycles. The first-order valence-corrected chi connectivity index (χ1v) is 8.00. The number of carbonyl (C=O) groups is 1. The van der Waals surface area contributed by atoms with E-state index >= 15 is 0 Å².